The minimum atomic E-state index is 0.810. The van der Waals surface area contributed by atoms with Crippen LogP contribution in [0.5, 0.6) is 0 Å². The van der Waals surface area contributed by atoms with Crippen LogP contribution in [0.15, 0.2) is 0 Å². The predicted molar refractivity (Wildman–Crippen MR) is 71.5 cm³/mol. The normalized spacial score (nSPS) is 10.5. The molecule has 0 aliphatic rings. The zero-order valence-electron chi connectivity index (χ0n) is 5.42. The average molecular weight is 489 g/mol. The van der Waals surface area contributed by atoms with Crippen molar-refractivity contribution < 1.29 is 0 Å². The molecule has 0 saturated carbocycles. The summed E-state index contributed by atoms with van der Waals surface area (Å²) in [6.45, 7) is 0.810. The van der Waals surface area contributed by atoms with E-state index in [2.05, 4.69) is 76.6 Å². The second-order valence-corrected chi connectivity index (χ2v) is 4.88. The molecule has 11 heavy (non-hydrogen) atoms. The summed E-state index contributed by atoms with van der Waals surface area (Å²) in [4.78, 5) is 3.17. The molecule has 1 aromatic heterocycles. The molecule has 0 fully saturated rings. The van der Waals surface area contributed by atoms with Crippen molar-refractivity contribution in [3.05, 3.63) is 13.0 Å². The number of hydrogen-bond acceptors (Lipinski definition) is 2. The zero-order valence-corrected chi connectivity index (χ0v) is 11.9. The van der Waals surface area contributed by atoms with Crippen molar-refractivity contribution in [2.75, 3.05) is 5.73 Å². The van der Waals surface area contributed by atoms with Crippen molar-refractivity contribution in [3.8, 4) is 0 Å². The van der Waals surface area contributed by atoms with Gasteiger partial charge in [0.05, 0.1) is 9.39 Å². The van der Waals surface area contributed by atoms with E-state index in [4.69, 9.17) is 5.73 Å². The first-order chi connectivity index (χ1) is 5.16. The van der Waals surface area contributed by atoms with E-state index in [0.717, 1.165) is 25.2 Å². The third-order valence-corrected chi connectivity index (χ3v) is 3.44. The lowest BCUT2D eigenvalue weighted by Gasteiger charge is -1.96. The van der Waals surface area contributed by atoms with Crippen LogP contribution in [0, 0.1) is 7.40 Å². The maximum Gasteiger partial charge on any atom is 0.102 e. The summed E-state index contributed by atoms with van der Waals surface area (Å²) in [5.74, 6) is 0. The van der Waals surface area contributed by atoms with Gasteiger partial charge in [0, 0.05) is 35.0 Å². The first kappa shape index (κ1) is 10.3. The number of hydrogen-bond donors (Lipinski definition) is 3. The second kappa shape index (κ2) is 4.46. The highest BCUT2D eigenvalue weighted by atomic mass is 127. The van der Waals surface area contributed by atoms with Gasteiger partial charge >= 0.3 is 0 Å². The Labute approximate surface area is 106 Å². The monoisotopic (exact) mass is 489 g/mol. The third kappa shape index (κ3) is 2.34. The van der Waals surface area contributed by atoms with Gasteiger partial charge in [0.1, 0.15) is 3.70 Å². The second-order valence-electron chi connectivity index (χ2n) is 1.96. The molecule has 62 valence electrons. The van der Waals surface area contributed by atoms with Gasteiger partial charge in [0.25, 0.3) is 0 Å². The Hall–Kier alpha value is 1.23. The molecule has 0 aliphatic carbocycles. The molecule has 1 aromatic rings. The van der Waals surface area contributed by atoms with Gasteiger partial charge < -0.3 is 10.7 Å². The standard InChI is InChI=1S/C5H6I3N3/c6-4-2(1-10-8)3(9)5(7)11-4/h10-11H,1,9H2. The Balaban J connectivity index is 3.02. The minimum Gasteiger partial charge on any atom is -0.396 e. The van der Waals surface area contributed by atoms with Crippen LogP contribution in [-0.4, -0.2) is 4.98 Å². The van der Waals surface area contributed by atoms with Crippen LogP contribution in [0.25, 0.3) is 0 Å². The number of nitrogens with two attached hydrogens (primary N) is 1. The first-order valence-electron chi connectivity index (χ1n) is 2.81. The van der Waals surface area contributed by atoms with E-state index in [1.807, 2.05) is 0 Å². The van der Waals surface area contributed by atoms with Gasteiger partial charge in [0.15, 0.2) is 0 Å². The molecule has 0 bridgehead atoms. The Morgan fingerprint density at radius 1 is 1.36 bits per heavy atom. The van der Waals surface area contributed by atoms with E-state index in [-0.39, 0.29) is 0 Å². The highest BCUT2D eigenvalue weighted by Crippen LogP contribution is 2.24. The number of aromatic nitrogens is 1. The van der Waals surface area contributed by atoms with Crippen LogP contribution in [0.1, 0.15) is 5.56 Å². The van der Waals surface area contributed by atoms with E-state index in [9.17, 15) is 0 Å². The van der Waals surface area contributed by atoms with E-state index in [0.29, 0.717) is 0 Å². The molecule has 0 saturated heterocycles. The molecule has 0 unspecified atom stereocenters. The molecule has 3 nitrogen and oxygen atoms in total. The van der Waals surface area contributed by atoms with Gasteiger partial charge in [-0.3, -0.25) is 3.53 Å². The molecule has 0 spiro atoms. The zero-order chi connectivity index (χ0) is 8.43. The summed E-state index contributed by atoms with van der Waals surface area (Å²) in [6, 6.07) is 0. The molecular formula is C5H6I3N3. The van der Waals surface area contributed by atoms with Crippen LogP contribution in [0.4, 0.5) is 5.69 Å². The van der Waals surface area contributed by atoms with Crippen molar-refractivity contribution in [1.29, 1.82) is 0 Å². The van der Waals surface area contributed by atoms with Crippen LogP contribution < -0.4 is 9.26 Å². The molecular weight excluding hydrogens is 483 g/mol. The SMILES string of the molecule is Nc1c(I)[nH]c(I)c1CNI. The molecule has 0 radical (unpaired) electrons. The fraction of sp³-hybridized carbons (Fsp3) is 0.200. The van der Waals surface area contributed by atoms with E-state index < -0.39 is 0 Å². The summed E-state index contributed by atoms with van der Waals surface area (Å²) >= 11 is 6.55. The molecule has 0 atom stereocenters. The molecule has 0 aliphatic heterocycles. The number of nitrogens with one attached hydrogen (secondary N) is 2. The predicted octanol–water partition coefficient (Wildman–Crippen LogP) is 2.25. The Kier molecular flexibility index (Phi) is 4.18. The van der Waals surface area contributed by atoms with Gasteiger partial charge in [0.2, 0.25) is 0 Å². The van der Waals surface area contributed by atoms with Crippen LogP contribution in [0.3, 0.4) is 0 Å². The summed E-state index contributed by atoms with van der Waals surface area (Å²) in [6.07, 6.45) is 0. The number of anilines is 1. The maximum atomic E-state index is 5.80. The lowest BCUT2D eigenvalue weighted by molar-refractivity contribution is 1.01. The van der Waals surface area contributed by atoms with Crippen LogP contribution in [0.2, 0.25) is 0 Å². The molecule has 0 amide bonds. The van der Waals surface area contributed by atoms with E-state index in [1.165, 1.54) is 0 Å². The van der Waals surface area contributed by atoms with Gasteiger partial charge in [-0.25, -0.2) is 0 Å². The van der Waals surface area contributed by atoms with E-state index >= 15 is 0 Å². The third-order valence-electron chi connectivity index (χ3n) is 1.29. The summed E-state index contributed by atoms with van der Waals surface area (Å²) in [5.41, 5.74) is 7.82. The number of halogens is 3. The quantitative estimate of drug-likeness (QED) is 0.442. The Morgan fingerprint density at radius 3 is 2.36 bits per heavy atom. The highest BCUT2D eigenvalue weighted by Gasteiger charge is 2.09. The van der Waals surface area contributed by atoms with Crippen molar-refractivity contribution in [2.24, 2.45) is 0 Å². The van der Waals surface area contributed by atoms with Crippen LogP contribution >= 0.6 is 68.0 Å². The van der Waals surface area contributed by atoms with Gasteiger partial charge in [-0.05, 0) is 45.2 Å². The first-order valence-corrected chi connectivity index (χ1v) is 6.05. The Bertz CT molecular complexity index is 258. The van der Waals surface area contributed by atoms with Crippen molar-refractivity contribution in [1.82, 2.24) is 8.51 Å². The lowest BCUT2D eigenvalue weighted by atomic mass is 10.3. The topological polar surface area (TPSA) is 53.8 Å². The number of H-pyrrole nitrogens is 1. The number of aromatic amines is 1. The largest absolute Gasteiger partial charge is 0.396 e. The number of nitrogen functional groups attached to an aromatic ring is 1. The van der Waals surface area contributed by atoms with Crippen molar-refractivity contribution in [2.45, 2.75) is 6.54 Å². The van der Waals surface area contributed by atoms with Crippen LogP contribution in [-0.2, 0) is 6.54 Å². The smallest absolute Gasteiger partial charge is 0.102 e. The van der Waals surface area contributed by atoms with Crippen molar-refractivity contribution in [3.63, 3.8) is 0 Å². The molecule has 4 N–H and O–H groups in total. The molecule has 1 heterocycles. The summed E-state index contributed by atoms with van der Waals surface area (Å²) in [5, 5.41) is 0. The minimum absolute atomic E-state index is 0.810. The summed E-state index contributed by atoms with van der Waals surface area (Å²) < 4.78 is 5.18. The van der Waals surface area contributed by atoms with Gasteiger partial charge in [-0.2, -0.15) is 0 Å². The Morgan fingerprint density at radius 2 is 2.00 bits per heavy atom. The molecule has 0 aromatic carbocycles. The fourth-order valence-electron chi connectivity index (χ4n) is 0.729. The van der Waals surface area contributed by atoms with Gasteiger partial charge in [-0.1, -0.05) is 0 Å². The fourth-order valence-corrected chi connectivity index (χ4v) is 2.97. The van der Waals surface area contributed by atoms with E-state index in [1.54, 1.807) is 0 Å². The number of rotatable bonds is 2. The molecule has 6 heteroatoms. The highest BCUT2D eigenvalue weighted by molar-refractivity contribution is 14.1. The maximum absolute atomic E-state index is 5.80. The lowest BCUT2D eigenvalue weighted by Crippen LogP contribution is -2.01. The van der Waals surface area contributed by atoms with Crippen molar-refractivity contribution >= 4 is 73.7 Å². The summed E-state index contributed by atoms with van der Waals surface area (Å²) in [7, 11) is 0. The molecule has 1 rings (SSSR count). The average Bonchev–Trinajstić information content (AvgIpc) is 2.17. The van der Waals surface area contributed by atoms with Gasteiger partial charge in [-0.15, -0.1) is 0 Å².